The molecule has 0 atom stereocenters. The molecule has 1 aliphatic heterocycles. The van der Waals surface area contributed by atoms with Gasteiger partial charge in [0.25, 0.3) is 0 Å². The number of benzene rings is 1. The van der Waals surface area contributed by atoms with Crippen LogP contribution in [0.25, 0.3) is 0 Å². The summed E-state index contributed by atoms with van der Waals surface area (Å²) in [6.07, 6.45) is 2.42. The predicted octanol–water partition coefficient (Wildman–Crippen LogP) is 1.82. The van der Waals surface area contributed by atoms with Gasteiger partial charge in [0.2, 0.25) is 10.0 Å². The largest absolute Gasteiger partial charge is 0.385 e. The lowest BCUT2D eigenvalue weighted by atomic mass is 10.0. The molecule has 0 saturated heterocycles. The lowest BCUT2D eigenvalue weighted by Crippen LogP contribution is -2.20. The van der Waals surface area contributed by atoms with Gasteiger partial charge < -0.3 is 10.1 Å². The molecule has 6 heteroatoms. The number of hydrogen-bond acceptors (Lipinski definition) is 4. The van der Waals surface area contributed by atoms with E-state index in [9.17, 15) is 8.42 Å². The minimum absolute atomic E-state index is 0.0813. The van der Waals surface area contributed by atoms with Crippen LogP contribution in [0.1, 0.15) is 18.4 Å². The van der Waals surface area contributed by atoms with Crippen molar-refractivity contribution in [2.75, 3.05) is 36.1 Å². The third-order valence-corrected chi connectivity index (χ3v) is 4.48. The average Bonchev–Trinajstić information content (AvgIpc) is 2.39. The number of hydrogen-bond donors (Lipinski definition) is 2. The quantitative estimate of drug-likeness (QED) is 0.782. The maximum Gasteiger partial charge on any atom is 0.232 e. The first-order valence-electron chi connectivity index (χ1n) is 6.47. The molecule has 0 unspecified atom stereocenters. The lowest BCUT2D eigenvalue weighted by molar-refractivity contribution is 0.199. The van der Waals surface area contributed by atoms with Crippen LogP contribution in [0.4, 0.5) is 11.4 Å². The van der Waals surface area contributed by atoms with Gasteiger partial charge in [-0.2, -0.15) is 0 Å². The van der Waals surface area contributed by atoms with Gasteiger partial charge in [-0.3, -0.25) is 4.72 Å². The molecule has 2 rings (SSSR count). The van der Waals surface area contributed by atoms with Gasteiger partial charge in [-0.15, -0.1) is 0 Å². The van der Waals surface area contributed by atoms with Crippen LogP contribution < -0.4 is 10.0 Å². The third kappa shape index (κ3) is 3.84. The minimum Gasteiger partial charge on any atom is -0.385 e. The number of fused-ring (bicyclic) bond motifs is 1. The van der Waals surface area contributed by atoms with E-state index < -0.39 is 10.0 Å². The van der Waals surface area contributed by atoms with Gasteiger partial charge in [0, 0.05) is 25.9 Å². The van der Waals surface area contributed by atoms with E-state index in [0.717, 1.165) is 30.6 Å². The summed E-state index contributed by atoms with van der Waals surface area (Å²) in [6, 6.07) is 5.67. The first-order valence-corrected chi connectivity index (χ1v) is 8.13. The van der Waals surface area contributed by atoms with Crippen LogP contribution in [0.2, 0.25) is 0 Å². The fraction of sp³-hybridized carbons (Fsp3) is 0.538. The fourth-order valence-electron chi connectivity index (χ4n) is 2.22. The highest BCUT2D eigenvalue weighted by atomic mass is 32.2. The highest BCUT2D eigenvalue weighted by molar-refractivity contribution is 7.92. The highest BCUT2D eigenvalue weighted by Crippen LogP contribution is 2.29. The molecule has 0 fully saturated rings. The molecule has 1 heterocycles. The normalized spacial score (nSPS) is 14.6. The molecule has 0 spiro atoms. The molecule has 0 aromatic heterocycles. The summed E-state index contributed by atoms with van der Waals surface area (Å²) in [6.45, 7) is 1.40. The summed E-state index contributed by atoms with van der Waals surface area (Å²) in [7, 11) is -1.73. The van der Waals surface area contributed by atoms with Crippen molar-refractivity contribution in [3.63, 3.8) is 0 Å². The van der Waals surface area contributed by atoms with E-state index in [1.807, 2.05) is 18.2 Å². The van der Waals surface area contributed by atoms with Crippen molar-refractivity contribution in [3.8, 4) is 0 Å². The van der Waals surface area contributed by atoms with Crippen LogP contribution in [-0.4, -0.2) is 34.4 Å². The Balaban J connectivity index is 2.10. The summed E-state index contributed by atoms with van der Waals surface area (Å²) in [5, 5.41) is 3.29. The molecule has 0 radical (unpaired) electrons. The van der Waals surface area contributed by atoms with Crippen LogP contribution in [0, 0.1) is 0 Å². The van der Waals surface area contributed by atoms with Crippen molar-refractivity contribution in [1.82, 2.24) is 0 Å². The first kappa shape index (κ1) is 14.1. The first-order chi connectivity index (χ1) is 9.12. The Morgan fingerprint density at radius 2 is 2.26 bits per heavy atom. The van der Waals surface area contributed by atoms with E-state index >= 15 is 0 Å². The summed E-state index contributed by atoms with van der Waals surface area (Å²) in [5.74, 6) is 0.0813. The second-order valence-corrected chi connectivity index (χ2v) is 6.47. The van der Waals surface area contributed by atoms with Crippen LogP contribution in [0.5, 0.6) is 0 Å². The molecule has 0 saturated carbocycles. The van der Waals surface area contributed by atoms with E-state index in [4.69, 9.17) is 4.74 Å². The average molecular weight is 284 g/mol. The molecule has 5 nitrogen and oxygen atoms in total. The van der Waals surface area contributed by atoms with E-state index in [2.05, 4.69) is 10.0 Å². The van der Waals surface area contributed by atoms with Crippen molar-refractivity contribution in [2.45, 2.75) is 19.3 Å². The maximum atomic E-state index is 12.0. The Hall–Kier alpha value is -1.27. The number of sulfonamides is 1. The van der Waals surface area contributed by atoms with Gasteiger partial charge in [0.1, 0.15) is 0 Å². The smallest absolute Gasteiger partial charge is 0.232 e. The Kier molecular flexibility index (Phi) is 4.66. The molecule has 0 bridgehead atoms. The van der Waals surface area contributed by atoms with Crippen molar-refractivity contribution in [3.05, 3.63) is 23.8 Å². The van der Waals surface area contributed by atoms with E-state index in [1.165, 1.54) is 0 Å². The van der Waals surface area contributed by atoms with Crippen molar-refractivity contribution in [1.29, 1.82) is 0 Å². The molecular weight excluding hydrogens is 264 g/mol. The number of anilines is 2. The van der Waals surface area contributed by atoms with Crippen molar-refractivity contribution >= 4 is 21.4 Å². The Labute approximate surface area is 114 Å². The van der Waals surface area contributed by atoms with Gasteiger partial charge in [0.15, 0.2) is 0 Å². The fourth-order valence-corrected chi connectivity index (χ4v) is 3.34. The molecular formula is C13H20N2O3S. The SMILES string of the molecule is COCCCS(=O)(=O)Nc1cccc2c1CCCN2. The Morgan fingerprint density at radius 1 is 1.42 bits per heavy atom. The van der Waals surface area contributed by atoms with E-state index in [1.54, 1.807) is 7.11 Å². The zero-order chi connectivity index (χ0) is 13.7. The van der Waals surface area contributed by atoms with Gasteiger partial charge in [0.05, 0.1) is 11.4 Å². The maximum absolute atomic E-state index is 12.0. The van der Waals surface area contributed by atoms with Gasteiger partial charge in [-0.1, -0.05) is 6.07 Å². The van der Waals surface area contributed by atoms with E-state index in [-0.39, 0.29) is 5.75 Å². The topological polar surface area (TPSA) is 67.4 Å². The molecule has 2 N–H and O–H groups in total. The molecule has 1 aromatic carbocycles. The van der Waals surface area contributed by atoms with Crippen LogP contribution >= 0.6 is 0 Å². The monoisotopic (exact) mass is 284 g/mol. The van der Waals surface area contributed by atoms with Crippen LogP contribution in [0.15, 0.2) is 18.2 Å². The zero-order valence-electron chi connectivity index (χ0n) is 11.1. The second-order valence-electron chi connectivity index (χ2n) is 4.63. The van der Waals surface area contributed by atoms with E-state index in [0.29, 0.717) is 18.7 Å². The van der Waals surface area contributed by atoms with Gasteiger partial charge in [-0.05, 0) is 37.0 Å². The Morgan fingerprint density at radius 3 is 3.05 bits per heavy atom. The number of methoxy groups -OCH3 is 1. The highest BCUT2D eigenvalue weighted by Gasteiger charge is 2.16. The molecule has 0 aliphatic carbocycles. The predicted molar refractivity (Wildman–Crippen MR) is 77.2 cm³/mol. The number of rotatable bonds is 6. The number of nitrogens with one attached hydrogen (secondary N) is 2. The van der Waals surface area contributed by atoms with Crippen LogP contribution in [-0.2, 0) is 21.2 Å². The van der Waals surface area contributed by atoms with Crippen LogP contribution in [0.3, 0.4) is 0 Å². The summed E-state index contributed by atoms with van der Waals surface area (Å²) < 4.78 is 31.5. The Bertz CT molecular complexity index is 529. The van der Waals surface area contributed by atoms with Gasteiger partial charge >= 0.3 is 0 Å². The minimum atomic E-state index is -3.30. The second kappa shape index (κ2) is 6.25. The lowest BCUT2D eigenvalue weighted by Gasteiger charge is -2.21. The molecule has 1 aliphatic rings. The number of ether oxygens (including phenoxy) is 1. The molecule has 0 amide bonds. The van der Waals surface area contributed by atoms with Gasteiger partial charge in [-0.25, -0.2) is 8.42 Å². The summed E-state index contributed by atoms with van der Waals surface area (Å²) in [5.41, 5.74) is 2.79. The standard InChI is InChI=1S/C13H20N2O3S/c1-18-9-4-10-19(16,17)15-13-7-2-6-12-11(13)5-3-8-14-12/h2,6-7,14-15H,3-5,8-10H2,1H3. The molecule has 19 heavy (non-hydrogen) atoms. The molecule has 106 valence electrons. The summed E-state index contributed by atoms with van der Waals surface area (Å²) in [4.78, 5) is 0. The third-order valence-electron chi connectivity index (χ3n) is 3.12. The van der Waals surface area contributed by atoms with Crippen molar-refractivity contribution in [2.24, 2.45) is 0 Å². The zero-order valence-corrected chi connectivity index (χ0v) is 11.9. The summed E-state index contributed by atoms with van der Waals surface area (Å²) >= 11 is 0. The van der Waals surface area contributed by atoms with Crippen molar-refractivity contribution < 1.29 is 13.2 Å². The molecule has 1 aromatic rings.